The fraction of sp³-hybridized carbons (Fsp3) is 0.286. The third-order valence-corrected chi connectivity index (χ3v) is 3.68. The fourth-order valence-electron chi connectivity index (χ4n) is 2.66. The molecule has 0 amide bonds. The second-order valence-corrected chi connectivity index (χ2v) is 4.97. The van der Waals surface area contributed by atoms with E-state index in [0.717, 1.165) is 41.3 Å². The third-order valence-electron chi connectivity index (χ3n) is 3.68. The first-order valence-corrected chi connectivity index (χ1v) is 6.70. The first-order valence-electron chi connectivity index (χ1n) is 6.70. The molecule has 0 spiro atoms. The van der Waals surface area contributed by atoms with Gasteiger partial charge in [-0.3, -0.25) is 9.97 Å². The predicted molar refractivity (Wildman–Crippen MR) is 75.0 cm³/mol. The van der Waals surface area contributed by atoms with E-state index >= 15 is 0 Å². The quantitative estimate of drug-likeness (QED) is 0.723. The van der Waals surface area contributed by atoms with Gasteiger partial charge in [-0.1, -0.05) is 0 Å². The number of hydrogen-bond acceptors (Lipinski definition) is 5. The normalized spacial score (nSPS) is 18.1. The number of nitrogens with one attached hydrogen (secondary N) is 1. The maximum absolute atomic E-state index is 4.35. The molecule has 1 unspecified atom stereocenters. The van der Waals surface area contributed by atoms with Gasteiger partial charge in [-0.2, -0.15) is 0 Å². The van der Waals surface area contributed by atoms with E-state index in [9.17, 15) is 0 Å². The molecule has 1 N–H and O–H groups in total. The largest absolute Gasteiger partial charge is 0.308 e. The summed E-state index contributed by atoms with van der Waals surface area (Å²) >= 11 is 0. The summed E-state index contributed by atoms with van der Waals surface area (Å²) in [5, 5.41) is 12.0. The summed E-state index contributed by atoms with van der Waals surface area (Å²) in [5.41, 5.74) is 2.81. The van der Waals surface area contributed by atoms with E-state index in [1.165, 1.54) is 0 Å². The summed E-state index contributed by atoms with van der Waals surface area (Å²) in [7, 11) is 0. The van der Waals surface area contributed by atoms with Gasteiger partial charge in [-0.05, 0) is 25.1 Å². The monoisotopic (exact) mass is 266 g/mol. The van der Waals surface area contributed by atoms with Crippen molar-refractivity contribution in [3.05, 3.63) is 36.4 Å². The van der Waals surface area contributed by atoms with Crippen molar-refractivity contribution in [2.24, 2.45) is 0 Å². The Morgan fingerprint density at radius 1 is 1.15 bits per heavy atom. The van der Waals surface area contributed by atoms with Crippen LogP contribution in [0.1, 0.15) is 18.8 Å². The predicted octanol–water partition coefficient (Wildman–Crippen LogP) is 1.55. The molecule has 1 aliphatic heterocycles. The highest BCUT2D eigenvalue weighted by Crippen LogP contribution is 2.25. The van der Waals surface area contributed by atoms with Gasteiger partial charge < -0.3 is 9.88 Å². The van der Waals surface area contributed by atoms with Gasteiger partial charge in [0.1, 0.15) is 5.82 Å². The van der Waals surface area contributed by atoms with Crippen LogP contribution in [0.5, 0.6) is 0 Å². The minimum Gasteiger partial charge on any atom is -0.308 e. The lowest BCUT2D eigenvalue weighted by atomic mass is 10.1. The van der Waals surface area contributed by atoms with Crippen molar-refractivity contribution >= 4 is 11.0 Å². The molecule has 3 aromatic rings. The smallest absolute Gasteiger partial charge is 0.164 e. The Morgan fingerprint density at radius 3 is 2.90 bits per heavy atom. The van der Waals surface area contributed by atoms with Gasteiger partial charge in [0, 0.05) is 31.0 Å². The second kappa shape index (κ2) is 4.35. The first-order chi connectivity index (χ1) is 9.83. The molecule has 1 atom stereocenters. The highest BCUT2D eigenvalue weighted by atomic mass is 15.3. The Labute approximate surface area is 115 Å². The summed E-state index contributed by atoms with van der Waals surface area (Å²) in [6.45, 7) is 3.93. The Bertz CT molecular complexity index is 778. The molecule has 2 aromatic heterocycles. The maximum Gasteiger partial charge on any atom is 0.164 e. The van der Waals surface area contributed by atoms with Gasteiger partial charge in [0.05, 0.1) is 17.1 Å². The minimum absolute atomic E-state index is 0.241. The van der Waals surface area contributed by atoms with Crippen LogP contribution < -0.4 is 5.32 Å². The molecule has 20 heavy (non-hydrogen) atoms. The molecule has 0 bridgehead atoms. The molecule has 4 rings (SSSR count). The van der Waals surface area contributed by atoms with Crippen LogP contribution in [0.3, 0.4) is 0 Å². The molecule has 0 saturated carbocycles. The lowest BCUT2D eigenvalue weighted by Gasteiger charge is -2.21. The zero-order valence-electron chi connectivity index (χ0n) is 11.1. The Morgan fingerprint density at radius 2 is 2.00 bits per heavy atom. The van der Waals surface area contributed by atoms with Gasteiger partial charge >= 0.3 is 0 Å². The van der Waals surface area contributed by atoms with Crippen LogP contribution in [-0.4, -0.2) is 31.3 Å². The third kappa shape index (κ3) is 1.69. The molecule has 0 saturated heterocycles. The number of benzene rings is 1. The van der Waals surface area contributed by atoms with E-state index in [1.807, 2.05) is 18.2 Å². The van der Waals surface area contributed by atoms with Crippen molar-refractivity contribution in [2.75, 3.05) is 6.54 Å². The average molecular weight is 266 g/mol. The van der Waals surface area contributed by atoms with E-state index in [1.54, 1.807) is 12.4 Å². The standard InChI is InChI=1S/C14H14N6/c1-9-13-18-19-14(20(13)7-6-15-9)10-2-3-11-12(8-10)17-5-4-16-11/h2-5,8-9,15H,6-7H2,1H3. The van der Waals surface area contributed by atoms with Crippen molar-refractivity contribution in [1.82, 2.24) is 30.0 Å². The van der Waals surface area contributed by atoms with Gasteiger partial charge in [0.25, 0.3) is 0 Å². The molecule has 6 heteroatoms. The van der Waals surface area contributed by atoms with E-state index < -0.39 is 0 Å². The van der Waals surface area contributed by atoms with Crippen LogP contribution >= 0.6 is 0 Å². The SMILES string of the molecule is CC1NCCn2c(-c3ccc4nccnc4c3)nnc21. The van der Waals surface area contributed by atoms with Gasteiger partial charge in [-0.25, -0.2) is 0 Å². The van der Waals surface area contributed by atoms with Crippen molar-refractivity contribution in [2.45, 2.75) is 19.5 Å². The highest BCUT2D eigenvalue weighted by molar-refractivity contribution is 5.79. The van der Waals surface area contributed by atoms with Crippen LogP contribution in [0.25, 0.3) is 22.4 Å². The molecular formula is C14H14N6. The van der Waals surface area contributed by atoms with E-state index in [0.29, 0.717) is 0 Å². The summed E-state index contributed by atoms with van der Waals surface area (Å²) < 4.78 is 2.18. The zero-order valence-corrected chi connectivity index (χ0v) is 11.1. The van der Waals surface area contributed by atoms with Crippen LogP contribution in [0, 0.1) is 0 Å². The first kappa shape index (κ1) is 11.5. The Hall–Kier alpha value is -2.34. The number of hydrogen-bond donors (Lipinski definition) is 1. The van der Waals surface area contributed by atoms with E-state index in [2.05, 4.69) is 37.0 Å². The molecule has 1 aromatic carbocycles. The molecule has 0 aliphatic carbocycles. The lowest BCUT2D eigenvalue weighted by Crippen LogP contribution is -2.32. The van der Waals surface area contributed by atoms with Crippen LogP contribution in [-0.2, 0) is 6.54 Å². The van der Waals surface area contributed by atoms with Crippen LogP contribution in [0.15, 0.2) is 30.6 Å². The van der Waals surface area contributed by atoms with Crippen molar-refractivity contribution < 1.29 is 0 Å². The number of aromatic nitrogens is 5. The summed E-state index contributed by atoms with van der Waals surface area (Å²) in [6.07, 6.45) is 3.41. The molecule has 3 heterocycles. The number of nitrogens with zero attached hydrogens (tertiary/aromatic N) is 5. The maximum atomic E-state index is 4.35. The highest BCUT2D eigenvalue weighted by Gasteiger charge is 2.22. The van der Waals surface area contributed by atoms with Crippen LogP contribution in [0.4, 0.5) is 0 Å². The molecule has 6 nitrogen and oxygen atoms in total. The fourth-order valence-corrected chi connectivity index (χ4v) is 2.66. The van der Waals surface area contributed by atoms with E-state index in [4.69, 9.17) is 0 Å². The van der Waals surface area contributed by atoms with Gasteiger partial charge in [0.15, 0.2) is 5.82 Å². The van der Waals surface area contributed by atoms with Gasteiger partial charge in [-0.15, -0.1) is 10.2 Å². The summed E-state index contributed by atoms with van der Waals surface area (Å²) in [5.74, 6) is 1.89. The summed E-state index contributed by atoms with van der Waals surface area (Å²) in [4.78, 5) is 8.63. The topological polar surface area (TPSA) is 68.5 Å². The molecule has 0 fully saturated rings. The molecule has 0 radical (unpaired) electrons. The zero-order chi connectivity index (χ0) is 13.5. The lowest BCUT2D eigenvalue weighted by molar-refractivity contribution is 0.439. The Balaban J connectivity index is 1.87. The van der Waals surface area contributed by atoms with Crippen molar-refractivity contribution in [3.8, 4) is 11.4 Å². The number of fused-ring (bicyclic) bond motifs is 2. The molecule has 1 aliphatic rings. The van der Waals surface area contributed by atoms with Crippen molar-refractivity contribution in [3.63, 3.8) is 0 Å². The van der Waals surface area contributed by atoms with Gasteiger partial charge in [0.2, 0.25) is 0 Å². The Kier molecular flexibility index (Phi) is 2.50. The average Bonchev–Trinajstić information content (AvgIpc) is 2.92. The number of rotatable bonds is 1. The summed E-state index contributed by atoms with van der Waals surface area (Å²) in [6, 6.07) is 6.27. The van der Waals surface area contributed by atoms with E-state index in [-0.39, 0.29) is 6.04 Å². The molecule has 100 valence electrons. The minimum atomic E-state index is 0.241. The van der Waals surface area contributed by atoms with Crippen molar-refractivity contribution in [1.29, 1.82) is 0 Å². The molecular weight excluding hydrogens is 252 g/mol. The second-order valence-electron chi connectivity index (χ2n) is 4.97. The van der Waals surface area contributed by atoms with Crippen LogP contribution in [0.2, 0.25) is 0 Å².